The molecule has 1 aromatic rings. The first-order valence-electron chi connectivity index (χ1n) is 6.02. The highest BCUT2D eigenvalue weighted by Gasteiger charge is 2.32. The van der Waals surface area contributed by atoms with E-state index in [9.17, 15) is 4.79 Å². The zero-order chi connectivity index (χ0) is 12.6. The van der Waals surface area contributed by atoms with Crippen molar-refractivity contribution in [1.29, 1.82) is 0 Å². The molecule has 94 valence electrons. The summed E-state index contributed by atoms with van der Waals surface area (Å²) in [6, 6.07) is 0.0255. The largest absolute Gasteiger partial charge is 0.382 e. The number of halogens is 1. The van der Waals surface area contributed by atoms with E-state index in [0.29, 0.717) is 11.6 Å². The van der Waals surface area contributed by atoms with E-state index in [0.717, 1.165) is 12.5 Å². The fourth-order valence-electron chi connectivity index (χ4n) is 1.86. The van der Waals surface area contributed by atoms with E-state index < -0.39 is 0 Å². The van der Waals surface area contributed by atoms with Gasteiger partial charge in [0.05, 0.1) is 17.9 Å². The minimum atomic E-state index is -0.226. The zero-order valence-electron chi connectivity index (χ0n) is 10.4. The monoisotopic (exact) mass is 255 g/mol. The Bertz CT molecular complexity index is 469. The summed E-state index contributed by atoms with van der Waals surface area (Å²) in [4.78, 5) is 11.9. The Kier molecular flexibility index (Phi) is 3.43. The van der Waals surface area contributed by atoms with Gasteiger partial charge in [-0.3, -0.25) is 4.79 Å². The van der Waals surface area contributed by atoms with Gasteiger partial charge in [-0.15, -0.1) is 0 Å². The lowest BCUT2D eigenvalue weighted by Gasteiger charge is -2.12. The second-order valence-electron chi connectivity index (χ2n) is 5.07. The fourth-order valence-corrected chi connectivity index (χ4v) is 2.06. The number of anilines is 1. The van der Waals surface area contributed by atoms with E-state index in [1.165, 1.54) is 11.1 Å². The Morgan fingerprint density at radius 3 is 2.82 bits per heavy atom. The molecule has 0 spiro atoms. The van der Waals surface area contributed by atoms with Crippen LogP contribution in [-0.4, -0.2) is 16.3 Å². The quantitative estimate of drug-likeness (QED) is 0.900. The zero-order valence-corrected chi connectivity index (χ0v) is 11.2. The molecule has 0 saturated heterocycles. The Balaban J connectivity index is 2.13. The van der Waals surface area contributed by atoms with Crippen LogP contribution in [0.2, 0.25) is 5.02 Å². The molecule has 2 atom stereocenters. The molecule has 4 nitrogen and oxygen atoms in total. The van der Waals surface area contributed by atoms with Crippen molar-refractivity contribution in [2.45, 2.75) is 33.2 Å². The van der Waals surface area contributed by atoms with Gasteiger partial charge in [0.15, 0.2) is 0 Å². The molecule has 1 aliphatic rings. The van der Waals surface area contributed by atoms with Crippen molar-refractivity contribution in [3.63, 3.8) is 0 Å². The summed E-state index contributed by atoms with van der Waals surface area (Å²) >= 11 is 6.05. The number of hydrogen-bond donors (Lipinski definition) is 1. The van der Waals surface area contributed by atoms with Crippen LogP contribution in [0.4, 0.5) is 5.69 Å². The van der Waals surface area contributed by atoms with Gasteiger partial charge in [-0.1, -0.05) is 18.5 Å². The third-order valence-corrected chi connectivity index (χ3v) is 3.63. The standard InChI is InChI=1S/C12H18ClN3O/c1-7(2)16-12(17)11(13)10(6-15-16)14-5-9-4-8(9)3/h6-9,14H,4-5H2,1-3H3. The van der Waals surface area contributed by atoms with E-state index in [1.54, 1.807) is 6.20 Å². The summed E-state index contributed by atoms with van der Waals surface area (Å²) in [7, 11) is 0. The number of hydrogen-bond acceptors (Lipinski definition) is 3. The van der Waals surface area contributed by atoms with Crippen molar-refractivity contribution in [3.05, 3.63) is 21.6 Å². The summed E-state index contributed by atoms with van der Waals surface area (Å²) < 4.78 is 1.40. The van der Waals surface area contributed by atoms with E-state index in [1.807, 2.05) is 13.8 Å². The van der Waals surface area contributed by atoms with Crippen LogP contribution < -0.4 is 10.9 Å². The molecule has 1 saturated carbocycles. The van der Waals surface area contributed by atoms with Crippen LogP contribution in [0, 0.1) is 11.8 Å². The lowest BCUT2D eigenvalue weighted by Crippen LogP contribution is -2.26. The summed E-state index contributed by atoms with van der Waals surface area (Å²) in [5.74, 6) is 1.49. The van der Waals surface area contributed by atoms with Gasteiger partial charge in [0, 0.05) is 6.54 Å². The van der Waals surface area contributed by atoms with E-state index >= 15 is 0 Å². The van der Waals surface area contributed by atoms with Crippen molar-refractivity contribution < 1.29 is 0 Å². The Morgan fingerprint density at radius 2 is 2.29 bits per heavy atom. The predicted octanol–water partition coefficient (Wildman–Crippen LogP) is 2.55. The van der Waals surface area contributed by atoms with Crippen molar-refractivity contribution in [2.75, 3.05) is 11.9 Å². The Morgan fingerprint density at radius 1 is 1.65 bits per heavy atom. The average molecular weight is 256 g/mol. The molecule has 0 aliphatic heterocycles. The van der Waals surface area contributed by atoms with Gasteiger partial charge in [-0.2, -0.15) is 5.10 Å². The fraction of sp³-hybridized carbons (Fsp3) is 0.667. The molecule has 2 rings (SSSR count). The summed E-state index contributed by atoms with van der Waals surface area (Å²) in [5.41, 5.74) is 0.420. The van der Waals surface area contributed by atoms with E-state index in [2.05, 4.69) is 17.3 Å². The van der Waals surface area contributed by atoms with Gasteiger partial charge in [-0.05, 0) is 32.1 Å². The minimum Gasteiger partial charge on any atom is -0.382 e. The molecular weight excluding hydrogens is 238 g/mol. The molecule has 1 N–H and O–H groups in total. The van der Waals surface area contributed by atoms with Crippen molar-refractivity contribution >= 4 is 17.3 Å². The van der Waals surface area contributed by atoms with Gasteiger partial charge < -0.3 is 5.32 Å². The Hall–Kier alpha value is -1.03. The van der Waals surface area contributed by atoms with Gasteiger partial charge in [0.1, 0.15) is 5.02 Å². The van der Waals surface area contributed by atoms with Crippen LogP contribution in [0.15, 0.2) is 11.0 Å². The lowest BCUT2D eigenvalue weighted by molar-refractivity contribution is 0.503. The first-order chi connectivity index (χ1) is 8.00. The first kappa shape index (κ1) is 12.4. The molecule has 1 fully saturated rings. The maximum absolute atomic E-state index is 11.9. The average Bonchev–Trinajstić information content (AvgIpc) is 2.96. The molecule has 0 amide bonds. The molecule has 1 heterocycles. The number of nitrogens with zero attached hydrogens (tertiary/aromatic N) is 2. The second-order valence-corrected chi connectivity index (χ2v) is 5.45. The first-order valence-corrected chi connectivity index (χ1v) is 6.39. The normalized spacial score (nSPS) is 22.9. The Labute approximate surface area is 106 Å². The molecule has 2 unspecified atom stereocenters. The molecule has 0 bridgehead atoms. The van der Waals surface area contributed by atoms with Crippen molar-refractivity contribution in [2.24, 2.45) is 11.8 Å². The third-order valence-electron chi connectivity index (χ3n) is 3.26. The van der Waals surface area contributed by atoms with Crippen LogP contribution in [0.1, 0.15) is 33.2 Å². The summed E-state index contributed by atoms with van der Waals surface area (Å²) in [6.07, 6.45) is 2.89. The van der Waals surface area contributed by atoms with Crippen LogP contribution in [0.3, 0.4) is 0 Å². The highest BCUT2D eigenvalue weighted by Crippen LogP contribution is 2.37. The van der Waals surface area contributed by atoms with Crippen molar-refractivity contribution in [3.8, 4) is 0 Å². The molecule has 0 radical (unpaired) electrons. The molecule has 1 aliphatic carbocycles. The third kappa shape index (κ3) is 2.63. The van der Waals surface area contributed by atoms with Gasteiger partial charge >= 0.3 is 0 Å². The highest BCUT2D eigenvalue weighted by molar-refractivity contribution is 6.32. The maximum Gasteiger partial charge on any atom is 0.287 e. The number of rotatable bonds is 4. The van der Waals surface area contributed by atoms with Gasteiger partial charge in [0.25, 0.3) is 5.56 Å². The highest BCUT2D eigenvalue weighted by atomic mass is 35.5. The SMILES string of the molecule is CC1CC1CNc1cnn(C(C)C)c(=O)c1Cl. The lowest BCUT2D eigenvalue weighted by atomic mass is 10.3. The molecule has 5 heteroatoms. The topological polar surface area (TPSA) is 46.9 Å². The summed E-state index contributed by atoms with van der Waals surface area (Å²) in [6.45, 7) is 6.91. The maximum atomic E-state index is 11.9. The number of aromatic nitrogens is 2. The molecule has 1 aromatic heterocycles. The van der Waals surface area contributed by atoms with Gasteiger partial charge in [-0.25, -0.2) is 4.68 Å². The molecule has 0 aromatic carbocycles. The van der Waals surface area contributed by atoms with Gasteiger partial charge in [0.2, 0.25) is 0 Å². The molecular formula is C12H18ClN3O. The van der Waals surface area contributed by atoms with Crippen LogP contribution in [-0.2, 0) is 0 Å². The molecule has 17 heavy (non-hydrogen) atoms. The predicted molar refractivity (Wildman–Crippen MR) is 69.7 cm³/mol. The second kappa shape index (κ2) is 4.69. The summed E-state index contributed by atoms with van der Waals surface area (Å²) in [5, 5.41) is 7.56. The van der Waals surface area contributed by atoms with Crippen LogP contribution >= 0.6 is 11.6 Å². The smallest absolute Gasteiger partial charge is 0.287 e. The number of nitrogens with one attached hydrogen (secondary N) is 1. The van der Waals surface area contributed by atoms with Crippen LogP contribution in [0.25, 0.3) is 0 Å². The minimum absolute atomic E-state index is 0.0255. The van der Waals surface area contributed by atoms with E-state index in [-0.39, 0.29) is 16.6 Å². The van der Waals surface area contributed by atoms with Crippen molar-refractivity contribution in [1.82, 2.24) is 9.78 Å². The van der Waals surface area contributed by atoms with E-state index in [4.69, 9.17) is 11.6 Å². The van der Waals surface area contributed by atoms with Crippen LogP contribution in [0.5, 0.6) is 0 Å².